The summed E-state index contributed by atoms with van der Waals surface area (Å²) in [7, 11) is 0. The SMILES string of the molecule is CC(CCc1ccccc1)Nc1c(Cl)cc(F)cc1Cl. The molecule has 0 aliphatic carbocycles. The molecule has 0 aliphatic heterocycles. The minimum atomic E-state index is -0.428. The van der Waals surface area contributed by atoms with E-state index in [1.165, 1.54) is 17.7 Å². The Morgan fingerprint density at radius 1 is 1.10 bits per heavy atom. The first-order valence-electron chi connectivity index (χ1n) is 6.51. The molecule has 1 atom stereocenters. The number of aryl methyl sites for hydroxylation is 1. The van der Waals surface area contributed by atoms with Crippen molar-refractivity contribution < 1.29 is 4.39 Å². The van der Waals surface area contributed by atoms with Gasteiger partial charge in [0, 0.05) is 6.04 Å². The highest BCUT2D eigenvalue weighted by molar-refractivity contribution is 6.39. The van der Waals surface area contributed by atoms with E-state index >= 15 is 0 Å². The van der Waals surface area contributed by atoms with E-state index in [2.05, 4.69) is 24.4 Å². The van der Waals surface area contributed by atoms with E-state index < -0.39 is 5.82 Å². The fourth-order valence-electron chi connectivity index (χ4n) is 2.03. The Morgan fingerprint density at radius 3 is 2.30 bits per heavy atom. The van der Waals surface area contributed by atoms with Crippen LogP contribution in [0.3, 0.4) is 0 Å². The van der Waals surface area contributed by atoms with Crippen LogP contribution in [0.2, 0.25) is 10.0 Å². The Kier molecular flexibility index (Phi) is 5.27. The third kappa shape index (κ3) is 4.12. The molecule has 1 nitrogen and oxygen atoms in total. The predicted molar refractivity (Wildman–Crippen MR) is 84.3 cm³/mol. The van der Waals surface area contributed by atoms with Crippen molar-refractivity contribution in [1.82, 2.24) is 0 Å². The molecule has 2 aromatic carbocycles. The fourth-order valence-corrected chi connectivity index (χ4v) is 2.60. The number of rotatable bonds is 5. The van der Waals surface area contributed by atoms with Crippen molar-refractivity contribution in [3.63, 3.8) is 0 Å². The zero-order chi connectivity index (χ0) is 14.5. The van der Waals surface area contributed by atoms with Crippen molar-refractivity contribution in [2.24, 2.45) is 0 Å². The molecule has 0 radical (unpaired) electrons. The lowest BCUT2D eigenvalue weighted by molar-refractivity contribution is 0.627. The van der Waals surface area contributed by atoms with Crippen LogP contribution in [0.25, 0.3) is 0 Å². The number of anilines is 1. The molecule has 1 unspecified atom stereocenters. The molecule has 4 heteroatoms. The predicted octanol–water partition coefficient (Wildman–Crippen LogP) is 5.57. The first kappa shape index (κ1) is 15.1. The average Bonchev–Trinajstić information content (AvgIpc) is 2.42. The van der Waals surface area contributed by atoms with Crippen molar-refractivity contribution in [1.29, 1.82) is 0 Å². The maximum Gasteiger partial charge on any atom is 0.126 e. The molecule has 0 aliphatic rings. The second-order valence-electron chi connectivity index (χ2n) is 4.81. The van der Waals surface area contributed by atoms with Gasteiger partial charge in [0.1, 0.15) is 5.82 Å². The van der Waals surface area contributed by atoms with Crippen LogP contribution in [0.4, 0.5) is 10.1 Å². The summed E-state index contributed by atoms with van der Waals surface area (Å²) in [6, 6.07) is 13.0. The van der Waals surface area contributed by atoms with Gasteiger partial charge in [-0.15, -0.1) is 0 Å². The molecule has 0 saturated heterocycles. The van der Waals surface area contributed by atoms with Gasteiger partial charge in [0.15, 0.2) is 0 Å². The summed E-state index contributed by atoms with van der Waals surface area (Å²) in [5, 5.41) is 3.86. The molecule has 2 aromatic rings. The van der Waals surface area contributed by atoms with Crippen LogP contribution in [0.1, 0.15) is 18.9 Å². The van der Waals surface area contributed by atoms with Crippen molar-refractivity contribution in [3.05, 3.63) is 63.9 Å². The summed E-state index contributed by atoms with van der Waals surface area (Å²) in [4.78, 5) is 0. The van der Waals surface area contributed by atoms with Gasteiger partial charge in [0.05, 0.1) is 15.7 Å². The maximum atomic E-state index is 13.1. The summed E-state index contributed by atoms with van der Waals surface area (Å²) in [6.07, 6.45) is 1.90. The average molecular weight is 312 g/mol. The smallest absolute Gasteiger partial charge is 0.126 e. The van der Waals surface area contributed by atoms with Gasteiger partial charge in [-0.25, -0.2) is 4.39 Å². The van der Waals surface area contributed by atoms with Gasteiger partial charge in [0.2, 0.25) is 0 Å². The molecule has 0 fully saturated rings. The number of nitrogens with one attached hydrogen (secondary N) is 1. The largest absolute Gasteiger partial charge is 0.380 e. The molecule has 0 heterocycles. The third-order valence-corrected chi connectivity index (χ3v) is 3.70. The number of benzene rings is 2. The summed E-state index contributed by atoms with van der Waals surface area (Å²) < 4.78 is 13.1. The van der Waals surface area contributed by atoms with Crippen molar-refractivity contribution >= 4 is 28.9 Å². The molecular formula is C16H16Cl2FN. The summed E-state index contributed by atoms with van der Waals surface area (Å²) in [5.74, 6) is -0.428. The molecule has 0 amide bonds. The van der Waals surface area contributed by atoms with Crippen LogP contribution >= 0.6 is 23.2 Å². The van der Waals surface area contributed by atoms with Crippen LogP contribution in [0.15, 0.2) is 42.5 Å². The lowest BCUT2D eigenvalue weighted by Crippen LogP contribution is -2.16. The Hall–Kier alpha value is -1.25. The van der Waals surface area contributed by atoms with Crippen LogP contribution in [-0.4, -0.2) is 6.04 Å². The zero-order valence-electron chi connectivity index (χ0n) is 11.2. The monoisotopic (exact) mass is 311 g/mol. The molecule has 0 aromatic heterocycles. The zero-order valence-corrected chi connectivity index (χ0v) is 12.7. The van der Waals surface area contributed by atoms with Crippen LogP contribution in [0, 0.1) is 5.82 Å². The number of halogens is 3. The van der Waals surface area contributed by atoms with E-state index in [-0.39, 0.29) is 6.04 Å². The Labute approximate surface area is 128 Å². The number of hydrogen-bond acceptors (Lipinski definition) is 1. The van der Waals surface area contributed by atoms with Crippen molar-refractivity contribution in [2.45, 2.75) is 25.8 Å². The topological polar surface area (TPSA) is 12.0 Å². The second kappa shape index (κ2) is 6.96. The van der Waals surface area contributed by atoms with Gasteiger partial charge in [-0.3, -0.25) is 0 Å². The second-order valence-corrected chi connectivity index (χ2v) is 5.63. The van der Waals surface area contributed by atoms with Gasteiger partial charge in [-0.05, 0) is 37.5 Å². The third-order valence-electron chi connectivity index (χ3n) is 3.11. The first-order valence-corrected chi connectivity index (χ1v) is 7.27. The Bertz CT molecular complexity index is 549. The van der Waals surface area contributed by atoms with Gasteiger partial charge >= 0.3 is 0 Å². The standard InChI is InChI=1S/C16H16Cl2FN/c1-11(7-8-12-5-3-2-4-6-12)20-16-14(17)9-13(19)10-15(16)18/h2-6,9-11,20H,7-8H2,1H3. The van der Waals surface area contributed by atoms with Crippen LogP contribution in [0.5, 0.6) is 0 Å². The van der Waals surface area contributed by atoms with Crippen molar-refractivity contribution in [3.8, 4) is 0 Å². The molecule has 0 spiro atoms. The Balaban J connectivity index is 1.96. The van der Waals surface area contributed by atoms with Crippen LogP contribution < -0.4 is 5.32 Å². The summed E-state index contributed by atoms with van der Waals surface area (Å²) in [5.41, 5.74) is 1.88. The lowest BCUT2D eigenvalue weighted by atomic mass is 10.1. The van der Waals surface area contributed by atoms with Gasteiger partial charge in [0.25, 0.3) is 0 Å². The van der Waals surface area contributed by atoms with E-state index in [0.29, 0.717) is 15.7 Å². The highest BCUT2D eigenvalue weighted by atomic mass is 35.5. The van der Waals surface area contributed by atoms with E-state index in [9.17, 15) is 4.39 Å². The minimum absolute atomic E-state index is 0.190. The molecule has 2 rings (SSSR count). The fraction of sp³-hybridized carbons (Fsp3) is 0.250. The summed E-state index contributed by atoms with van der Waals surface area (Å²) >= 11 is 12.0. The molecular weight excluding hydrogens is 296 g/mol. The quantitative estimate of drug-likeness (QED) is 0.761. The molecule has 20 heavy (non-hydrogen) atoms. The van der Waals surface area contributed by atoms with Crippen molar-refractivity contribution in [2.75, 3.05) is 5.32 Å². The first-order chi connectivity index (χ1) is 9.56. The van der Waals surface area contributed by atoms with E-state index in [0.717, 1.165) is 12.8 Å². The van der Waals surface area contributed by atoms with Gasteiger partial charge in [-0.1, -0.05) is 53.5 Å². The normalized spacial score (nSPS) is 12.2. The minimum Gasteiger partial charge on any atom is -0.380 e. The van der Waals surface area contributed by atoms with Gasteiger partial charge < -0.3 is 5.32 Å². The van der Waals surface area contributed by atoms with Gasteiger partial charge in [-0.2, -0.15) is 0 Å². The highest BCUT2D eigenvalue weighted by Gasteiger charge is 2.11. The summed E-state index contributed by atoms with van der Waals surface area (Å²) in [6.45, 7) is 2.05. The lowest BCUT2D eigenvalue weighted by Gasteiger charge is -2.17. The van der Waals surface area contributed by atoms with E-state index in [1.807, 2.05) is 18.2 Å². The highest BCUT2D eigenvalue weighted by Crippen LogP contribution is 2.32. The van der Waals surface area contributed by atoms with E-state index in [1.54, 1.807) is 0 Å². The Morgan fingerprint density at radius 2 is 1.70 bits per heavy atom. The molecule has 106 valence electrons. The maximum absolute atomic E-state index is 13.1. The molecule has 0 saturated carbocycles. The molecule has 0 bridgehead atoms. The molecule has 1 N–H and O–H groups in total. The van der Waals surface area contributed by atoms with E-state index in [4.69, 9.17) is 23.2 Å². The van der Waals surface area contributed by atoms with Crippen LogP contribution in [-0.2, 0) is 6.42 Å². The number of hydrogen-bond donors (Lipinski definition) is 1.